The van der Waals surface area contributed by atoms with Gasteiger partial charge >= 0.3 is 6.01 Å². The van der Waals surface area contributed by atoms with Gasteiger partial charge in [0.15, 0.2) is 5.82 Å². The number of nitrogens with zero attached hydrogens (tertiary/aromatic N) is 6. The van der Waals surface area contributed by atoms with E-state index in [-0.39, 0.29) is 18.2 Å². The van der Waals surface area contributed by atoms with Gasteiger partial charge in [-0.15, -0.1) is 0 Å². The standard InChI is InChI=1S/C30H37FN6O3/c1-19(2)29-34-30(40-35-29)36-9-5-20(6-10-36)25-13-21(25)8-12-39-24-4-3-22(26(31)15-24)14-28(38)37-11-7-27-23(17-37)16-32-18-33-27/h3-4,15-16,18-21,25H,5-14,17H2,1-2H3/t21-,25-/m1/s1. The average Bonchev–Trinajstić information content (AvgIpc) is 3.56. The van der Waals surface area contributed by atoms with Crippen molar-refractivity contribution in [2.24, 2.45) is 17.8 Å². The number of fused-ring (bicyclic) bond motifs is 1. The smallest absolute Gasteiger partial charge is 0.324 e. The third-order valence-corrected chi connectivity index (χ3v) is 8.68. The Labute approximate surface area is 234 Å². The minimum atomic E-state index is -0.399. The summed E-state index contributed by atoms with van der Waals surface area (Å²) in [7, 11) is 0. The molecule has 0 unspecified atom stereocenters. The average molecular weight is 549 g/mol. The first-order chi connectivity index (χ1) is 19.4. The molecule has 212 valence electrons. The van der Waals surface area contributed by atoms with Gasteiger partial charge in [-0.1, -0.05) is 25.1 Å². The van der Waals surface area contributed by atoms with Gasteiger partial charge in [-0.3, -0.25) is 4.79 Å². The van der Waals surface area contributed by atoms with Crippen LogP contribution in [-0.4, -0.2) is 57.2 Å². The van der Waals surface area contributed by atoms with Crippen LogP contribution in [0.25, 0.3) is 0 Å². The number of aromatic nitrogens is 4. The van der Waals surface area contributed by atoms with Crippen LogP contribution in [0.4, 0.5) is 10.4 Å². The number of halogens is 1. The summed E-state index contributed by atoms with van der Waals surface area (Å²) in [6, 6.07) is 5.50. The molecule has 6 rings (SSSR count). The Hall–Kier alpha value is -3.56. The minimum absolute atomic E-state index is 0.0308. The van der Waals surface area contributed by atoms with Gasteiger partial charge in [0.25, 0.3) is 0 Å². The Balaban J connectivity index is 0.919. The minimum Gasteiger partial charge on any atom is -0.493 e. The van der Waals surface area contributed by atoms with Gasteiger partial charge < -0.3 is 19.1 Å². The van der Waals surface area contributed by atoms with Crippen LogP contribution in [-0.2, 0) is 24.2 Å². The van der Waals surface area contributed by atoms with Gasteiger partial charge in [0, 0.05) is 56.3 Å². The van der Waals surface area contributed by atoms with Crippen molar-refractivity contribution in [3.63, 3.8) is 0 Å². The Morgan fingerprint density at radius 3 is 2.85 bits per heavy atom. The van der Waals surface area contributed by atoms with Crippen molar-refractivity contribution in [2.45, 2.75) is 64.8 Å². The lowest BCUT2D eigenvalue weighted by Gasteiger charge is -2.30. The molecular weight excluding hydrogens is 511 g/mol. The van der Waals surface area contributed by atoms with Crippen LogP contribution in [0, 0.1) is 23.6 Å². The number of rotatable bonds is 9. The molecule has 3 aromatic rings. The van der Waals surface area contributed by atoms with Gasteiger partial charge in [-0.05, 0) is 55.1 Å². The van der Waals surface area contributed by atoms with Gasteiger partial charge in [-0.25, -0.2) is 14.4 Å². The highest BCUT2D eigenvalue weighted by atomic mass is 19.1. The van der Waals surface area contributed by atoms with E-state index in [1.165, 1.54) is 18.8 Å². The summed E-state index contributed by atoms with van der Waals surface area (Å²) in [5.74, 6) is 3.21. The van der Waals surface area contributed by atoms with Crippen molar-refractivity contribution in [3.05, 3.63) is 59.2 Å². The molecular formula is C30H37FN6O3. The van der Waals surface area contributed by atoms with Crippen LogP contribution in [0.3, 0.4) is 0 Å². The van der Waals surface area contributed by atoms with Crippen molar-refractivity contribution < 1.29 is 18.4 Å². The van der Waals surface area contributed by atoms with E-state index in [4.69, 9.17) is 9.26 Å². The maximum atomic E-state index is 14.8. The van der Waals surface area contributed by atoms with Crippen LogP contribution >= 0.6 is 0 Å². The van der Waals surface area contributed by atoms with Crippen molar-refractivity contribution in [1.29, 1.82) is 0 Å². The number of piperidine rings is 1. The van der Waals surface area contributed by atoms with E-state index < -0.39 is 5.82 Å². The van der Waals surface area contributed by atoms with E-state index in [2.05, 4.69) is 38.9 Å². The zero-order chi connectivity index (χ0) is 27.6. The lowest BCUT2D eigenvalue weighted by atomic mass is 9.90. The number of carbonyl (C=O) groups excluding carboxylic acids is 1. The molecule has 1 aromatic carbocycles. The molecule has 9 nitrogen and oxygen atoms in total. The fourth-order valence-electron chi connectivity index (χ4n) is 6.13. The first-order valence-corrected chi connectivity index (χ1v) is 14.5. The molecule has 1 amide bonds. The van der Waals surface area contributed by atoms with Crippen LogP contribution in [0.15, 0.2) is 35.2 Å². The monoisotopic (exact) mass is 548 g/mol. The van der Waals surface area contributed by atoms with Crippen LogP contribution < -0.4 is 9.64 Å². The van der Waals surface area contributed by atoms with Crippen LogP contribution in [0.1, 0.15) is 68.1 Å². The van der Waals surface area contributed by atoms with Crippen LogP contribution in [0.5, 0.6) is 5.75 Å². The van der Waals surface area contributed by atoms with Crippen molar-refractivity contribution in [2.75, 3.05) is 31.1 Å². The topological polar surface area (TPSA) is 97.5 Å². The third-order valence-electron chi connectivity index (χ3n) is 8.68. The molecule has 0 spiro atoms. The maximum Gasteiger partial charge on any atom is 0.324 e. The van der Waals surface area contributed by atoms with E-state index in [0.717, 1.165) is 61.3 Å². The normalized spacial score (nSPS) is 21.0. The highest BCUT2D eigenvalue weighted by Gasteiger charge is 2.43. The molecule has 3 aliphatic rings. The van der Waals surface area contributed by atoms with Crippen molar-refractivity contribution >= 4 is 11.9 Å². The van der Waals surface area contributed by atoms with Crippen molar-refractivity contribution in [3.8, 4) is 5.75 Å². The summed E-state index contributed by atoms with van der Waals surface area (Å²) < 4.78 is 26.2. The lowest BCUT2D eigenvalue weighted by Crippen LogP contribution is -2.37. The Morgan fingerprint density at radius 2 is 2.08 bits per heavy atom. The number of hydrogen-bond acceptors (Lipinski definition) is 8. The largest absolute Gasteiger partial charge is 0.493 e. The summed E-state index contributed by atoms with van der Waals surface area (Å²) in [5, 5.41) is 4.09. The Bertz CT molecular complexity index is 1340. The number of amides is 1. The van der Waals surface area contributed by atoms with Crippen molar-refractivity contribution in [1.82, 2.24) is 25.0 Å². The SMILES string of the molecule is CC(C)c1noc(N2CCC([C@H]3C[C@H]3CCOc3ccc(CC(=O)N4CCc5ncncc5C4)c(F)c3)CC2)n1. The first kappa shape index (κ1) is 26.7. The summed E-state index contributed by atoms with van der Waals surface area (Å²) in [4.78, 5) is 29.6. The number of ether oxygens (including phenoxy) is 1. The molecule has 1 saturated carbocycles. The van der Waals surface area contributed by atoms with E-state index in [0.29, 0.717) is 49.4 Å². The molecule has 0 radical (unpaired) electrons. The summed E-state index contributed by atoms with van der Waals surface area (Å²) in [5.41, 5.74) is 2.33. The van der Waals surface area contributed by atoms with Gasteiger partial charge in [-0.2, -0.15) is 4.98 Å². The molecule has 0 bridgehead atoms. The molecule has 2 aliphatic heterocycles. The second kappa shape index (κ2) is 11.5. The predicted molar refractivity (Wildman–Crippen MR) is 146 cm³/mol. The summed E-state index contributed by atoms with van der Waals surface area (Å²) >= 11 is 0. The fraction of sp³-hybridized carbons (Fsp3) is 0.567. The maximum absolute atomic E-state index is 14.8. The van der Waals surface area contributed by atoms with Crippen LogP contribution in [0.2, 0.25) is 0 Å². The zero-order valence-electron chi connectivity index (χ0n) is 23.3. The van der Waals surface area contributed by atoms with E-state index in [1.807, 2.05) is 0 Å². The van der Waals surface area contributed by atoms with E-state index in [9.17, 15) is 9.18 Å². The lowest BCUT2D eigenvalue weighted by molar-refractivity contribution is -0.131. The first-order valence-electron chi connectivity index (χ1n) is 14.5. The Kier molecular flexibility index (Phi) is 7.67. The third kappa shape index (κ3) is 5.95. The molecule has 2 fully saturated rings. The Morgan fingerprint density at radius 1 is 1.23 bits per heavy atom. The van der Waals surface area contributed by atoms with Gasteiger partial charge in [0.1, 0.15) is 17.9 Å². The number of anilines is 1. The highest BCUT2D eigenvalue weighted by molar-refractivity contribution is 5.79. The van der Waals surface area contributed by atoms with E-state index >= 15 is 0 Å². The fourth-order valence-corrected chi connectivity index (χ4v) is 6.13. The molecule has 4 heterocycles. The molecule has 2 aromatic heterocycles. The molecule has 1 aliphatic carbocycles. The number of hydrogen-bond donors (Lipinski definition) is 0. The second-order valence-electron chi connectivity index (χ2n) is 11.7. The quantitative estimate of drug-likeness (QED) is 0.384. The number of benzene rings is 1. The molecule has 10 heteroatoms. The summed E-state index contributed by atoms with van der Waals surface area (Å²) in [6.07, 6.45) is 8.52. The molecule has 40 heavy (non-hydrogen) atoms. The molecule has 0 N–H and O–H groups in total. The van der Waals surface area contributed by atoms with Gasteiger partial charge in [0.05, 0.1) is 18.7 Å². The predicted octanol–water partition coefficient (Wildman–Crippen LogP) is 4.57. The molecule has 1 saturated heterocycles. The van der Waals surface area contributed by atoms with Gasteiger partial charge in [0.2, 0.25) is 5.91 Å². The number of carbonyl (C=O) groups is 1. The highest BCUT2D eigenvalue weighted by Crippen LogP contribution is 2.50. The molecule has 2 atom stereocenters. The summed E-state index contributed by atoms with van der Waals surface area (Å²) in [6.45, 7) is 7.68. The van der Waals surface area contributed by atoms with E-state index in [1.54, 1.807) is 23.2 Å². The second-order valence-corrected chi connectivity index (χ2v) is 11.7. The zero-order valence-corrected chi connectivity index (χ0v) is 23.3.